The van der Waals surface area contributed by atoms with Crippen molar-refractivity contribution < 1.29 is 19.2 Å². The second kappa shape index (κ2) is 7.49. The van der Waals surface area contributed by atoms with Gasteiger partial charge in [0, 0.05) is 19.0 Å². The summed E-state index contributed by atoms with van der Waals surface area (Å²) in [7, 11) is 0. The highest BCUT2D eigenvalue weighted by Crippen LogP contribution is 2.50. The van der Waals surface area contributed by atoms with E-state index in [1.165, 1.54) is 19.3 Å². The van der Waals surface area contributed by atoms with Crippen LogP contribution in [0.1, 0.15) is 58.4 Å². The third-order valence-corrected chi connectivity index (χ3v) is 8.52. The minimum absolute atomic E-state index is 0.124. The molecule has 32 heavy (non-hydrogen) atoms. The van der Waals surface area contributed by atoms with Crippen molar-refractivity contribution in [3.8, 4) is 0 Å². The van der Waals surface area contributed by atoms with Gasteiger partial charge in [0.2, 0.25) is 11.8 Å². The number of rotatable bonds is 4. The lowest BCUT2D eigenvalue weighted by Crippen LogP contribution is -2.54. The molecule has 3 aliphatic carbocycles. The van der Waals surface area contributed by atoms with Crippen LogP contribution in [0.25, 0.3) is 0 Å². The number of fused-ring (bicyclic) bond motifs is 3. The minimum Gasteiger partial charge on any atom is -0.316 e. The molecule has 1 aromatic carbocycles. The molecule has 1 aromatic rings. The van der Waals surface area contributed by atoms with Crippen molar-refractivity contribution in [3.05, 3.63) is 34.9 Å². The summed E-state index contributed by atoms with van der Waals surface area (Å²) in [5.41, 5.74) is 1.55. The number of piperidine rings is 1. The molecule has 1 unspecified atom stereocenters. The van der Waals surface area contributed by atoms with Crippen LogP contribution in [-0.4, -0.2) is 53.7 Å². The third-order valence-electron chi connectivity index (χ3n) is 8.52. The average molecular weight is 437 g/mol. The normalized spacial score (nSPS) is 35.8. The molecule has 2 bridgehead atoms. The van der Waals surface area contributed by atoms with Crippen LogP contribution in [0.5, 0.6) is 0 Å². The molecule has 8 heteroatoms. The van der Waals surface area contributed by atoms with Gasteiger partial charge < -0.3 is 10.6 Å². The monoisotopic (exact) mass is 436 g/mol. The predicted octanol–water partition coefficient (Wildman–Crippen LogP) is 0.812. The minimum atomic E-state index is -0.929. The Labute approximate surface area is 186 Å². The number of carbonyl (C=O) groups excluding carboxylic acids is 4. The van der Waals surface area contributed by atoms with Crippen molar-refractivity contribution in [3.63, 3.8) is 0 Å². The summed E-state index contributed by atoms with van der Waals surface area (Å²) in [5, 5.41) is 9.55. The van der Waals surface area contributed by atoms with E-state index in [2.05, 4.69) is 16.0 Å². The van der Waals surface area contributed by atoms with E-state index in [4.69, 9.17) is 0 Å². The van der Waals surface area contributed by atoms with E-state index in [9.17, 15) is 19.2 Å². The number of carbonyl (C=O) groups is 4. The summed E-state index contributed by atoms with van der Waals surface area (Å²) >= 11 is 0. The van der Waals surface area contributed by atoms with Gasteiger partial charge in [-0.2, -0.15) is 0 Å². The summed E-state index contributed by atoms with van der Waals surface area (Å²) < 4.78 is 0. The van der Waals surface area contributed by atoms with Crippen LogP contribution in [0.3, 0.4) is 0 Å². The molecule has 5 fully saturated rings. The highest BCUT2D eigenvalue weighted by atomic mass is 16.2. The Bertz CT molecular complexity index is 1020. The number of imide groups is 2. The SMILES string of the molecule is O=C1CCC(N2C(=O)c3cccc(CN[C@@H]4C[C@H]5CC[C@@H]4[C@H]4CNC[C@@H]54)c3C2=O)C(=O)N1. The highest BCUT2D eigenvalue weighted by molar-refractivity contribution is 6.24. The van der Waals surface area contributed by atoms with Gasteiger partial charge in [0.1, 0.15) is 6.04 Å². The van der Waals surface area contributed by atoms with Crippen molar-refractivity contribution >= 4 is 23.6 Å². The predicted molar refractivity (Wildman–Crippen MR) is 114 cm³/mol. The smallest absolute Gasteiger partial charge is 0.262 e. The zero-order valence-corrected chi connectivity index (χ0v) is 17.9. The number of nitrogens with one attached hydrogen (secondary N) is 3. The quantitative estimate of drug-likeness (QED) is 0.603. The van der Waals surface area contributed by atoms with E-state index < -0.39 is 23.8 Å². The first-order valence-electron chi connectivity index (χ1n) is 11.8. The van der Waals surface area contributed by atoms with Crippen LogP contribution in [0, 0.1) is 23.7 Å². The zero-order chi connectivity index (χ0) is 22.0. The lowest BCUT2D eigenvalue weighted by Gasteiger charge is -2.50. The van der Waals surface area contributed by atoms with Crippen LogP contribution >= 0.6 is 0 Å². The first kappa shape index (κ1) is 20.1. The first-order valence-corrected chi connectivity index (χ1v) is 11.8. The fourth-order valence-electron chi connectivity index (χ4n) is 7.04. The van der Waals surface area contributed by atoms with E-state index >= 15 is 0 Å². The molecule has 3 heterocycles. The molecule has 168 valence electrons. The van der Waals surface area contributed by atoms with Gasteiger partial charge in [-0.3, -0.25) is 29.4 Å². The molecule has 0 aromatic heterocycles. The average Bonchev–Trinajstić information content (AvgIpc) is 3.39. The van der Waals surface area contributed by atoms with Gasteiger partial charge >= 0.3 is 0 Å². The summed E-state index contributed by atoms with van der Waals surface area (Å²) in [6.07, 6.45) is 4.06. The van der Waals surface area contributed by atoms with E-state index in [0.29, 0.717) is 29.6 Å². The second-order valence-corrected chi connectivity index (χ2v) is 10.00. The molecule has 6 atom stereocenters. The Morgan fingerprint density at radius 3 is 2.66 bits per heavy atom. The maximum absolute atomic E-state index is 13.3. The van der Waals surface area contributed by atoms with Crippen LogP contribution in [0.2, 0.25) is 0 Å². The van der Waals surface area contributed by atoms with Gasteiger partial charge in [0.15, 0.2) is 0 Å². The molecule has 0 radical (unpaired) electrons. The Hall–Kier alpha value is -2.58. The van der Waals surface area contributed by atoms with E-state index in [0.717, 1.165) is 41.3 Å². The molecule has 3 aliphatic heterocycles. The largest absolute Gasteiger partial charge is 0.316 e. The third kappa shape index (κ3) is 2.96. The fourth-order valence-corrected chi connectivity index (χ4v) is 7.04. The number of amides is 4. The summed E-state index contributed by atoms with van der Waals surface area (Å²) in [4.78, 5) is 51.2. The molecular weight excluding hydrogens is 408 g/mol. The molecule has 7 rings (SSSR count). The molecule has 2 saturated heterocycles. The molecule has 6 aliphatic rings. The van der Waals surface area contributed by atoms with Crippen molar-refractivity contribution in [2.24, 2.45) is 23.7 Å². The number of hydrogen-bond acceptors (Lipinski definition) is 6. The zero-order valence-electron chi connectivity index (χ0n) is 17.9. The summed E-state index contributed by atoms with van der Waals surface area (Å²) in [6, 6.07) is 4.86. The van der Waals surface area contributed by atoms with Crippen molar-refractivity contribution in [1.82, 2.24) is 20.9 Å². The molecule has 3 saturated carbocycles. The number of nitrogens with zero attached hydrogens (tertiary/aromatic N) is 1. The molecule has 3 N–H and O–H groups in total. The van der Waals surface area contributed by atoms with E-state index in [1.807, 2.05) is 6.07 Å². The number of benzene rings is 1. The maximum Gasteiger partial charge on any atom is 0.262 e. The Kier molecular flexibility index (Phi) is 4.69. The Morgan fingerprint density at radius 1 is 0.969 bits per heavy atom. The van der Waals surface area contributed by atoms with Gasteiger partial charge in [-0.05, 0) is 74.1 Å². The summed E-state index contributed by atoms with van der Waals surface area (Å²) in [5.74, 6) is 1.17. The molecular formula is C24H28N4O4. The van der Waals surface area contributed by atoms with E-state index in [1.54, 1.807) is 12.1 Å². The van der Waals surface area contributed by atoms with Gasteiger partial charge in [0.25, 0.3) is 11.8 Å². The van der Waals surface area contributed by atoms with Crippen LogP contribution in [0.15, 0.2) is 18.2 Å². The van der Waals surface area contributed by atoms with Crippen LogP contribution < -0.4 is 16.0 Å². The van der Waals surface area contributed by atoms with Crippen molar-refractivity contribution in [1.29, 1.82) is 0 Å². The topological polar surface area (TPSA) is 108 Å². The highest BCUT2D eigenvalue weighted by Gasteiger charge is 2.50. The standard InChI is InChI=1S/C24H28N4O4/c29-20-7-6-19(22(30)27-20)28-23(31)15-3-1-2-13(21(15)24(28)32)9-26-18-8-12-4-5-14(18)17-11-25-10-16(12)17/h1-3,12,14,16-19,25-26H,4-11H2,(H,27,29,30)/t12-,14-,16+,17-,18-,19?/m1/s1. The van der Waals surface area contributed by atoms with Crippen molar-refractivity contribution in [2.45, 2.75) is 50.7 Å². The first-order chi connectivity index (χ1) is 15.5. The van der Waals surface area contributed by atoms with Crippen LogP contribution in [-0.2, 0) is 16.1 Å². The number of hydrogen-bond donors (Lipinski definition) is 3. The fraction of sp³-hybridized carbons (Fsp3) is 0.583. The Morgan fingerprint density at radius 2 is 1.81 bits per heavy atom. The van der Waals surface area contributed by atoms with Gasteiger partial charge in [-0.25, -0.2) is 0 Å². The van der Waals surface area contributed by atoms with Crippen molar-refractivity contribution in [2.75, 3.05) is 13.1 Å². The lowest BCUT2D eigenvalue weighted by atomic mass is 9.58. The van der Waals surface area contributed by atoms with Gasteiger partial charge in [-0.15, -0.1) is 0 Å². The Balaban J connectivity index is 1.21. The van der Waals surface area contributed by atoms with Gasteiger partial charge in [0.05, 0.1) is 11.1 Å². The molecule has 8 nitrogen and oxygen atoms in total. The van der Waals surface area contributed by atoms with E-state index in [-0.39, 0.29) is 18.7 Å². The maximum atomic E-state index is 13.3. The van der Waals surface area contributed by atoms with Crippen LogP contribution in [0.4, 0.5) is 0 Å². The second-order valence-electron chi connectivity index (χ2n) is 10.00. The summed E-state index contributed by atoms with van der Waals surface area (Å²) in [6.45, 7) is 2.79. The van der Waals surface area contributed by atoms with Gasteiger partial charge in [-0.1, -0.05) is 12.1 Å². The lowest BCUT2D eigenvalue weighted by molar-refractivity contribution is -0.136. The molecule has 4 amide bonds. The molecule has 0 spiro atoms.